The predicted molar refractivity (Wildman–Crippen MR) is 130 cm³/mol. The Kier molecular flexibility index (Phi) is 6.77. The molecule has 0 radical (unpaired) electrons. The standard InChI is InChI=1S/C28H28N2O4/c1-18(2)17-34-22-11-12-23(19(3)14-22)26(31)24-25(21-9-5-4-6-10-21)30(28(33)27(24)32)16-20-8-7-13-29-15-20/h4-15,18,25,31H,16-17H2,1-3H3/b26-24+/t25-/m1/s1. The van der Waals surface area contributed by atoms with Gasteiger partial charge in [-0.25, -0.2) is 0 Å². The van der Waals surface area contributed by atoms with E-state index in [9.17, 15) is 14.7 Å². The number of ether oxygens (including phenoxy) is 1. The Balaban J connectivity index is 1.78. The van der Waals surface area contributed by atoms with Crippen molar-refractivity contribution in [2.24, 2.45) is 5.92 Å². The summed E-state index contributed by atoms with van der Waals surface area (Å²) in [7, 11) is 0. The van der Waals surface area contributed by atoms with Gasteiger partial charge in [0.15, 0.2) is 0 Å². The number of carbonyl (C=O) groups is 2. The van der Waals surface area contributed by atoms with E-state index in [2.05, 4.69) is 18.8 Å². The number of aromatic nitrogens is 1. The first-order valence-electron chi connectivity index (χ1n) is 11.3. The van der Waals surface area contributed by atoms with Gasteiger partial charge in [0.1, 0.15) is 11.5 Å². The molecule has 1 aliphatic heterocycles. The molecule has 3 aromatic rings. The quantitative estimate of drug-likeness (QED) is 0.306. The number of ketones is 1. The number of Topliss-reactive ketones (excluding diaryl/α,β-unsaturated/α-hetero) is 1. The average molecular weight is 457 g/mol. The van der Waals surface area contributed by atoms with E-state index in [1.165, 1.54) is 4.90 Å². The van der Waals surface area contributed by atoms with Gasteiger partial charge in [-0.3, -0.25) is 14.6 Å². The second-order valence-electron chi connectivity index (χ2n) is 8.88. The minimum absolute atomic E-state index is 0.0824. The Hall–Kier alpha value is -3.93. The van der Waals surface area contributed by atoms with Crippen molar-refractivity contribution in [3.05, 3.63) is 101 Å². The molecule has 0 saturated carbocycles. The molecule has 1 amide bonds. The number of rotatable bonds is 7. The molecule has 0 bridgehead atoms. The minimum atomic E-state index is -0.710. The Morgan fingerprint density at radius 1 is 1.09 bits per heavy atom. The zero-order valence-corrected chi connectivity index (χ0v) is 19.6. The van der Waals surface area contributed by atoms with Gasteiger partial charge in [0, 0.05) is 24.5 Å². The summed E-state index contributed by atoms with van der Waals surface area (Å²) in [5.41, 5.74) is 2.88. The third-order valence-corrected chi connectivity index (χ3v) is 5.77. The Bertz CT molecular complexity index is 1220. The van der Waals surface area contributed by atoms with Crippen LogP contribution in [0.5, 0.6) is 5.75 Å². The average Bonchev–Trinajstić information content (AvgIpc) is 3.08. The lowest BCUT2D eigenvalue weighted by Crippen LogP contribution is -2.29. The maximum atomic E-state index is 13.2. The van der Waals surface area contributed by atoms with Gasteiger partial charge in [-0.1, -0.05) is 50.2 Å². The van der Waals surface area contributed by atoms with Crippen molar-refractivity contribution in [3.8, 4) is 5.75 Å². The molecule has 6 heteroatoms. The van der Waals surface area contributed by atoms with Crippen molar-refractivity contribution in [1.82, 2.24) is 9.88 Å². The van der Waals surface area contributed by atoms with Crippen LogP contribution >= 0.6 is 0 Å². The first kappa shape index (κ1) is 23.2. The molecule has 4 rings (SSSR count). The Morgan fingerprint density at radius 2 is 1.85 bits per heavy atom. The zero-order chi connectivity index (χ0) is 24.2. The van der Waals surface area contributed by atoms with Gasteiger partial charge in [-0.15, -0.1) is 0 Å². The van der Waals surface area contributed by atoms with Crippen LogP contribution in [-0.4, -0.2) is 33.3 Å². The second-order valence-corrected chi connectivity index (χ2v) is 8.88. The number of aliphatic hydroxyl groups excluding tert-OH is 1. The molecule has 1 aliphatic rings. The number of hydrogen-bond donors (Lipinski definition) is 1. The fourth-order valence-electron chi connectivity index (χ4n) is 4.11. The fourth-order valence-corrected chi connectivity index (χ4v) is 4.11. The molecule has 6 nitrogen and oxygen atoms in total. The van der Waals surface area contributed by atoms with Crippen LogP contribution in [0.2, 0.25) is 0 Å². The van der Waals surface area contributed by atoms with Gasteiger partial charge in [0.05, 0.1) is 18.2 Å². The van der Waals surface area contributed by atoms with Gasteiger partial charge in [0.2, 0.25) is 0 Å². The van der Waals surface area contributed by atoms with Crippen molar-refractivity contribution in [2.45, 2.75) is 33.4 Å². The molecule has 0 unspecified atom stereocenters. The first-order valence-corrected chi connectivity index (χ1v) is 11.3. The number of aryl methyl sites for hydroxylation is 1. The SMILES string of the molecule is Cc1cc(OCC(C)C)ccc1/C(O)=C1\C(=O)C(=O)N(Cc2cccnc2)[C@@H]1c1ccccc1. The van der Waals surface area contributed by atoms with E-state index in [1.807, 2.05) is 49.4 Å². The second kappa shape index (κ2) is 9.91. The molecule has 1 atom stereocenters. The van der Waals surface area contributed by atoms with Gasteiger partial charge in [0.25, 0.3) is 11.7 Å². The van der Waals surface area contributed by atoms with Crippen molar-refractivity contribution >= 4 is 17.4 Å². The molecule has 1 aromatic heterocycles. The van der Waals surface area contributed by atoms with E-state index in [1.54, 1.807) is 30.6 Å². The number of benzene rings is 2. The molecule has 0 aliphatic carbocycles. The molecule has 1 fully saturated rings. The van der Waals surface area contributed by atoms with Crippen LogP contribution in [0.4, 0.5) is 0 Å². The van der Waals surface area contributed by atoms with E-state index < -0.39 is 17.7 Å². The minimum Gasteiger partial charge on any atom is -0.507 e. The molecular weight excluding hydrogens is 428 g/mol. The summed E-state index contributed by atoms with van der Waals surface area (Å²) in [5.74, 6) is -0.452. The summed E-state index contributed by atoms with van der Waals surface area (Å²) in [6, 6.07) is 17.6. The maximum Gasteiger partial charge on any atom is 0.295 e. The normalized spacial score (nSPS) is 17.4. The third-order valence-electron chi connectivity index (χ3n) is 5.77. The van der Waals surface area contributed by atoms with E-state index in [0.717, 1.165) is 16.7 Å². The zero-order valence-electron chi connectivity index (χ0n) is 19.6. The molecule has 0 spiro atoms. The highest BCUT2D eigenvalue weighted by atomic mass is 16.5. The first-order chi connectivity index (χ1) is 16.4. The smallest absolute Gasteiger partial charge is 0.295 e. The number of pyridine rings is 1. The predicted octanol–water partition coefficient (Wildman–Crippen LogP) is 5.05. The summed E-state index contributed by atoms with van der Waals surface area (Å²) in [6.45, 7) is 6.77. The van der Waals surface area contributed by atoms with Crippen LogP contribution in [0.1, 0.15) is 42.1 Å². The number of aliphatic hydroxyl groups is 1. The maximum absolute atomic E-state index is 13.2. The highest BCUT2D eigenvalue weighted by Gasteiger charge is 2.46. The Labute approximate surface area is 199 Å². The van der Waals surface area contributed by atoms with E-state index in [4.69, 9.17) is 4.74 Å². The molecule has 2 aromatic carbocycles. The van der Waals surface area contributed by atoms with Crippen LogP contribution < -0.4 is 4.74 Å². The lowest BCUT2D eigenvalue weighted by Gasteiger charge is -2.25. The largest absolute Gasteiger partial charge is 0.507 e. The fraction of sp³-hybridized carbons (Fsp3) is 0.250. The van der Waals surface area contributed by atoms with Crippen molar-refractivity contribution in [2.75, 3.05) is 6.61 Å². The summed E-state index contributed by atoms with van der Waals surface area (Å²) in [4.78, 5) is 31.9. The molecule has 1 saturated heterocycles. The van der Waals surface area contributed by atoms with Crippen LogP contribution in [0, 0.1) is 12.8 Å². The lowest BCUT2D eigenvalue weighted by atomic mass is 9.94. The summed E-state index contributed by atoms with van der Waals surface area (Å²) in [5, 5.41) is 11.3. The van der Waals surface area contributed by atoms with Gasteiger partial charge >= 0.3 is 0 Å². The van der Waals surface area contributed by atoms with Gasteiger partial charge < -0.3 is 14.7 Å². The van der Waals surface area contributed by atoms with Crippen molar-refractivity contribution in [3.63, 3.8) is 0 Å². The van der Waals surface area contributed by atoms with Gasteiger partial charge in [-0.2, -0.15) is 0 Å². The highest BCUT2D eigenvalue weighted by molar-refractivity contribution is 6.46. The molecule has 174 valence electrons. The molecule has 34 heavy (non-hydrogen) atoms. The number of amides is 1. The van der Waals surface area contributed by atoms with Crippen LogP contribution in [0.25, 0.3) is 5.76 Å². The number of hydrogen-bond acceptors (Lipinski definition) is 5. The lowest BCUT2D eigenvalue weighted by molar-refractivity contribution is -0.140. The number of carbonyl (C=O) groups excluding carboxylic acids is 2. The topological polar surface area (TPSA) is 79.7 Å². The van der Waals surface area contributed by atoms with Gasteiger partial charge in [-0.05, 0) is 53.8 Å². The van der Waals surface area contributed by atoms with Crippen LogP contribution in [0.15, 0.2) is 78.6 Å². The van der Waals surface area contributed by atoms with Crippen molar-refractivity contribution < 1.29 is 19.4 Å². The summed E-state index contributed by atoms with van der Waals surface area (Å²) in [6.07, 6.45) is 3.32. The monoisotopic (exact) mass is 456 g/mol. The van der Waals surface area contributed by atoms with E-state index in [-0.39, 0.29) is 17.9 Å². The van der Waals surface area contributed by atoms with E-state index >= 15 is 0 Å². The van der Waals surface area contributed by atoms with Crippen molar-refractivity contribution in [1.29, 1.82) is 0 Å². The van der Waals surface area contributed by atoms with Crippen LogP contribution in [0.3, 0.4) is 0 Å². The summed E-state index contributed by atoms with van der Waals surface area (Å²) < 4.78 is 5.79. The number of nitrogens with zero attached hydrogens (tertiary/aromatic N) is 2. The highest BCUT2D eigenvalue weighted by Crippen LogP contribution is 2.40. The number of likely N-dealkylation sites (tertiary alicyclic amines) is 1. The summed E-state index contributed by atoms with van der Waals surface area (Å²) >= 11 is 0. The Morgan fingerprint density at radius 3 is 2.50 bits per heavy atom. The third kappa shape index (κ3) is 4.71. The molecular formula is C28H28N2O4. The van der Waals surface area contributed by atoms with Crippen LogP contribution in [-0.2, 0) is 16.1 Å². The molecule has 1 N–H and O–H groups in total. The van der Waals surface area contributed by atoms with E-state index in [0.29, 0.717) is 23.8 Å². The molecule has 2 heterocycles.